The molecular formula is C12H18N2O3. The molecule has 2 heterocycles. The van der Waals surface area contributed by atoms with Crippen molar-refractivity contribution < 1.29 is 14.6 Å². The number of hydrogen-bond donors (Lipinski definition) is 1. The smallest absolute Gasteiger partial charge is 0.354 e. The van der Waals surface area contributed by atoms with Gasteiger partial charge in [0.25, 0.3) is 0 Å². The van der Waals surface area contributed by atoms with Gasteiger partial charge in [-0.05, 0) is 26.2 Å². The van der Waals surface area contributed by atoms with Crippen molar-refractivity contribution in [3.8, 4) is 0 Å². The van der Waals surface area contributed by atoms with Crippen LogP contribution in [0.5, 0.6) is 0 Å². The molecule has 0 saturated carbocycles. The van der Waals surface area contributed by atoms with E-state index in [0.29, 0.717) is 18.0 Å². The van der Waals surface area contributed by atoms with Crippen molar-refractivity contribution in [2.75, 3.05) is 6.61 Å². The SMILES string of the molecule is CCCOC1CCCn2c1nc(C)c2C(=O)O. The molecule has 0 spiro atoms. The molecule has 0 bridgehead atoms. The van der Waals surface area contributed by atoms with E-state index in [-0.39, 0.29) is 6.10 Å². The van der Waals surface area contributed by atoms with Gasteiger partial charge in [-0.2, -0.15) is 0 Å². The Labute approximate surface area is 100 Å². The number of imidazole rings is 1. The second-order valence-electron chi connectivity index (χ2n) is 4.36. The molecule has 1 aliphatic rings. The number of rotatable bonds is 4. The molecule has 1 aliphatic heterocycles. The highest BCUT2D eigenvalue weighted by Gasteiger charge is 2.28. The van der Waals surface area contributed by atoms with E-state index in [0.717, 1.165) is 31.6 Å². The molecular weight excluding hydrogens is 220 g/mol. The van der Waals surface area contributed by atoms with Crippen LogP contribution in [-0.2, 0) is 11.3 Å². The number of carboxylic acid groups (broad SMARTS) is 1. The maximum Gasteiger partial charge on any atom is 0.354 e. The molecule has 0 saturated heterocycles. The van der Waals surface area contributed by atoms with Crippen LogP contribution in [0.3, 0.4) is 0 Å². The van der Waals surface area contributed by atoms with Crippen molar-refractivity contribution in [3.63, 3.8) is 0 Å². The van der Waals surface area contributed by atoms with Gasteiger partial charge in [-0.25, -0.2) is 9.78 Å². The van der Waals surface area contributed by atoms with Crippen molar-refractivity contribution in [1.82, 2.24) is 9.55 Å². The predicted octanol–water partition coefficient (Wildman–Crippen LogP) is 2.15. The lowest BCUT2D eigenvalue weighted by molar-refractivity contribution is 0.0278. The molecule has 94 valence electrons. The zero-order valence-corrected chi connectivity index (χ0v) is 10.3. The zero-order chi connectivity index (χ0) is 12.4. The van der Waals surface area contributed by atoms with Gasteiger partial charge in [0.2, 0.25) is 0 Å². The lowest BCUT2D eigenvalue weighted by Crippen LogP contribution is -2.21. The van der Waals surface area contributed by atoms with E-state index in [1.807, 2.05) is 0 Å². The molecule has 1 aromatic heterocycles. The Balaban J connectivity index is 2.33. The molecule has 0 aliphatic carbocycles. The second-order valence-corrected chi connectivity index (χ2v) is 4.36. The topological polar surface area (TPSA) is 64.4 Å². The van der Waals surface area contributed by atoms with Crippen LogP contribution in [0, 0.1) is 6.92 Å². The van der Waals surface area contributed by atoms with Gasteiger partial charge in [0.05, 0.1) is 5.69 Å². The van der Waals surface area contributed by atoms with Gasteiger partial charge in [-0.3, -0.25) is 0 Å². The Bertz CT molecular complexity index is 426. The fourth-order valence-corrected chi connectivity index (χ4v) is 2.32. The molecule has 1 aromatic rings. The minimum absolute atomic E-state index is 0.0458. The highest BCUT2D eigenvalue weighted by atomic mass is 16.5. The molecule has 2 rings (SSSR count). The van der Waals surface area contributed by atoms with E-state index < -0.39 is 5.97 Å². The van der Waals surface area contributed by atoms with Gasteiger partial charge in [0.1, 0.15) is 17.6 Å². The first kappa shape index (κ1) is 12.1. The predicted molar refractivity (Wildman–Crippen MR) is 62.1 cm³/mol. The Kier molecular flexibility index (Phi) is 3.47. The molecule has 5 nitrogen and oxygen atoms in total. The van der Waals surface area contributed by atoms with E-state index in [2.05, 4.69) is 11.9 Å². The van der Waals surface area contributed by atoms with E-state index >= 15 is 0 Å². The number of carboxylic acids is 1. The number of aromatic carboxylic acids is 1. The normalized spacial score (nSPS) is 19.1. The highest BCUT2D eigenvalue weighted by Crippen LogP contribution is 2.30. The molecule has 0 fully saturated rings. The summed E-state index contributed by atoms with van der Waals surface area (Å²) in [5.74, 6) is -0.128. The Morgan fingerprint density at radius 3 is 3.06 bits per heavy atom. The fourth-order valence-electron chi connectivity index (χ4n) is 2.32. The number of nitrogens with zero attached hydrogens (tertiary/aromatic N) is 2. The molecule has 0 radical (unpaired) electrons. The minimum Gasteiger partial charge on any atom is -0.477 e. The van der Waals surface area contributed by atoms with Crippen LogP contribution in [0.4, 0.5) is 0 Å². The lowest BCUT2D eigenvalue weighted by atomic mass is 10.1. The first-order chi connectivity index (χ1) is 8.15. The molecule has 1 unspecified atom stereocenters. The van der Waals surface area contributed by atoms with Crippen LogP contribution in [-0.4, -0.2) is 27.2 Å². The maximum atomic E-state index is 11.2. The molecule has 1 N–H and O–H groups in total. The average Bonchev–Trinajstić information content (AvgIpc) is 2.62. The lowest BCUT2D eigenvalue weighted by Gasteiger charge is -2.24. The van der Waals surface area contributed by atoms with Gasteiger partial charge < -0.3 is 14.4 Å². The number of ether oxygens (including phenoxy) is 1. The fraction of sp³-hybridized carbons (Fsp3) is 0.667. The monoisotopic (exact) mass is 238 g/mol. The van der Waals surface area contributed by atoms with Crippen LogP contribution in [0.2, 0.25) is 0 Å². The van der Waals surface area contributed by atoms with Crippen LogP contribution in [0.15, 0.2) is 0 Å². The number of fused-ring (bicyclic) bond motifs is 1. The first-order valence-electron chi connectivity index (χ1n) is 6.07. The Morgan fingerprint density at radius 2 is 2.41 bits per heavy atom. The van der Waals surface area contributed by atoms with E-state index in [1.165, 1.54) is 0 Å². The van der Waals surface area contributed by atoms with Crippen molar-refractivity contribution in [2.45, 2.75) is 45.8 Å². The van der Waals surface area contributed by atoms with Gasteiger partial charge in [-0.15, -0.1) is 0 Å². The van der Waals surface area contributed by atoms with E-state index in [9.17, 15) is 9.90 Å². The van der Waals surface area contributed by atoms with Gasteiger partial charge in [0, 0.05) is 13.2 Å². The van der Waals surface area contributed by atoms with Crippen molar-refractivity contribution in [3.05, 3.63) is 17.2 Å². The quantitative estimate of drug-likeness (QED) is 0.873. The second kappa shape index (κ2) is 4.87. The molecule has 5 heteroatoms. The van der Waals surface area contributed by atoms with Gasteiger partial charge >= 0.3 is 5.97 Å². The summed E-state index contributed by atoms with van der Waals surface area (Å²) in [5.41, 5.74) is 0.893. The molecule has 0 amide bonds. The van der Waals surface area contributed by atoms with E-state index in [1.54, 1.807) is 11.5 Å². The number of hydrogen-bond acceptors (Lipinski definition) is 3. The summed E-state index contributed by atoms with van der Waals surface area (Å²) in [7, 11) is 0. The van der Waals surface area contributed by atoms with Crippen molar-refractivity contribution >= 4 is 5.97 Å². The summed E-state index contributed by atoms with van der Waals surface area (Å²) in [6.07, 6.45) is 2.78. The summed E-state index contributed by atoms with van der Waals surface area (Å²) in [6.45, 7) is 5.22. The van der Waals surface area contributed by atoms with Crippen LogP contribution in [0.1, 0.15) is 54.3 Å². The molecule has 17 heavy (non-hydrogen) atoms. The summed E-state index contributed by atoms with van der Waals surface area (Å²) >= 11 is 0. The zero-order valence-electron chi connectivity index (χ0n) is 10.3. The van der Waals surface area contributed by atoms with Gasteiger partial charge in [-0.1, -0.05) is 6.92 Å². The third-order valence-electron chi connectivity index (χ3n) is 3.03. The summed E-state index contributed by atoms with van der Waals surface area (Å²) in [6, 6.07) is 0. The largest absolute Gasteiger partial charge is 0.477 e. The van der Waals surface area contributed by atoms with E-state index in [4.69, 9.17) is 4.74 Å². The highest BCUT2D eigenvalue weighted by molar-refractivity contribution is 5.87. The van der Waals surface area contributed by atoms with Crippen LogP contribution >= 0.6 is 0 Å². The Hall–Kier alpha value is -1.36. The van der Waals surface area contributed by atoms with Crippen molar-refractivity contribution in [2.24, 2.45) is 0 Å². The molecule has 1 atom stereocenters. The Morgan fingerprint density at radius 1 is 1.65 bits per heavy atom. The summed E-state index contributed by atoms with van der Waals surface area (Å²) in [4.78, 5) is 15.5. The van der Waals surface area contributed by atoms with Gasteiger partial charge in [0.15, 0.2) is 0 Å². The van der Waals surface area contributed by atoms with Crippen LogP contribution < -0.4 is 0 Å². The standard InChI is InChI=1S/C12H18N2O3/c1-3-7-17-9-5-4-6-14-10(12(15)16)8(2)13-11(9)14/h9H,3-7H2,1-2H3,(H,15,16). The number of carbonyl (C=O) groups is 1. The minimum atomic E-state index is -0.905. The maximum absolute atomic E-state index is 11.2. The summed E-state index contributed by atoms with van der Waals surface area (Å²) in [5, 5.41) is 9.17. The molecule has 0 aromatic carbocycles. The van der Waals surface area contributed by atoms with Crippen LogP contribution in [0.25, 0.3) is 0 Å². The van der Waals surface area contributed by atoms with Crippen molar-refractivity contribution in [1.29, 1.82) is 0 Å². The summed E-state index contributed by atoms with van der Waals surface area (Å²) < 4.78 is 7.52. The third-order valence-corrected chi connectivity index (χ3v) is 3.03. The average molecular weight is 238 g/mol. The number of aryl methyl sites for hydroxylation is 1. The first-order valence-corrected chi connectivity index (χ1v) is 6.07. The third kappa shape index (κ3) is 2.20. The number of aromatic nitrogens is 2.